The first kappa shape index (κ1) is 19.4. The van der Waals surface area contributed by atoms with Crippen LogP contribution in [0.15, 0.2) is 11.4 Å². The van der Waals surface area contributed by atoms with Crippen LogP contribution in [0.25, 0.3) is 0 Å². The van der Waals surface area contributed by atoms with Crippen LogP contribution in [-0.2, 0) is 16.0 Å². The van der Waals surface area contributed by atoms with Crippen LogP contribution in [0.3, 0.4) is 0 Å². The number of aliphatic hydroxyl groups excluding tert-OH is 1. The number of H-pyrrole nitrogens is 1. The van der Waals surface area contributed by atoms with Gasteiger partial charge in [-0.3, -0.25) is 0 Å². The Hall–Kier alpha value is -1.62. The van der Waals surface area contributed by atoms with E-state index >= 15 is 0 Å². The molecule has 1 aromatic heterocycles. The number of aromatic amines is 1. The van der Waals surface area contributed by atoms with E-state index in [1.807, 2.05) is 0 Å². The van der Waals surface area contributed by atoms with Crippen LogP contribution in [0.4, 0.5) is 0 Å². The fourth-order valence-electron chi connectivity index (χ4n) is 1.84. The third-order valence-corrected chi connectivity index (χ3v) is 4.31. The monoisotopic (exact) mass is 346 g/mol. The van der Waals surface area contributed by atoms with Gasteiger partial charge in [-0.15, -0.1) is 0 Å². The maximum absolute atomic E-state index is 11.3. The Morgan fingerprint density at radius 2 is 2.09 bits per heavy atom. The molecule has 130 valence electrons. The Morgan fingerprint density at radius 3 is 2.57 bits per heavy atom. The lowest BCUT2D eigenvalue weighted by Crippen LogP contribution is -2.51. The van der Waals surface area contributed by atoms with Crippen molar-refractivity contribution in [1.82, 2.24) is 9.97 Å². The van der Waals surface area contributed by atoms with Gasteiger partial charge in [0.25, 0.3) is 0 Å². The predicted octanol–water partition coefficient (Wildman–Crippen LogP) is -2.36. The third kappa shape index (κ3) is 5.82. The topological polar surface area (TPSA) is 152 Å². The van der Waals surface area contributed by atoms with Crippen LogP contribution in [0, 0.1) is 0 Å². The second-order valence-corrected chi connectivity index (χ2v) is 7.12. The lowest BCUT2D eigenvalue weighted by molar-refractivity contribution is -0.887. The number of hydrogen-bond acceptors (Lipinski definition) is 7. The Bertz CT molecular complexity index is 557. The number of thioether (sulfide) groups is 1. The van der Waals surface area contributed by atoms with E-state index in [1.165, 1.54) is 6.20 Å². The Morgan fingerprint density at radius 1 is 1.48 bits per heavy atom. The number of carboxylic acids is 2. The molecule has 1 heterocycles. The number of aromatic nitrogens is 2. The minimum Gasteiger partial charge on any atom is -0.548 e. The van der Waals surface area contributed by atoms with Gasteiger partial charge in [0.05, 0.1) is 45.7 Å². The molecule has 0 aliphatic rings. The van der Waals surface area contributed by atoms with Gasteiger partial charge in [0.1, 0.15) is 0 Å². The summed E-state index contributed by atoms with van der Waals surface area (Å²) in [4.78, 5) is 28.9. The van der Waals surface area contributed by atoms with Gasteiger partial charge >= 0.3 is 5.97 Å². The normalized spacial score (nSPS) is 15.9. The molecule has 9 nitrogen and oxygen atoms in total. The van der Waals surface area contributed by atoms with Crippen molar-refractivity contribution >= 4 is 23.7 Å². The average Bonchev–Trinajstić information content (AvgIpc) is 2.87. The average molecular weight is 346 g/mol. The highest BCUT2D eigenvalue weighted by molar-refractivity contribution is 7.99. The van der Waals surface area contributed by atoms with Gasteiger partial charge in [0.2, 0.25) is 0 Å². The van der Waals surface area contributed by atoms with Crippen molar-refractivity contribution in [3.8, 4) is 0 Å². The number of rotatable bonds is 9. The van der Waals surface area contributed by atoms with Crippen LogP contribution in [0.1, 0.15) is 5.69 Å². The number of likely N-dealkylation sites (N-methyl/N-ethyl adjacent to an activating group) is 1. The number of aliphatic hydroxyl groups is 1. The molecule has 0 bridgehead atoms. The van der Waals surface area contributed by atoms with Gasteiger partial charge in [-0.2, -0.15) is 0 Å². The van der Waals surface area contributed by atoms with E-state index in [0.29, 0.717) is 10.9 Å². The number of nitrogens with two attached hydrogens (primary N) is 1. The summed E-state index contributed by atoms with van der Waals surface area (Å²) >= 11 is 1.10. The number of carbonyl (C=O) groups excluding carboxylic acids is 1. The first-order chi connectivity index (χ1) is 10.5. The highest BCUT2D eigenvalue weighted by Crippen LogP contribution is 2.18. The largest absolute Gasteiger partial charge is 0.548 e. The van der Waals surface area contributed by atoms with E-state index < -0.39 is 30.1 Å². The summed E-state index contributed by atoms with van der Waals surface area (Å²) in [5.41, 5.74) is 5.90. The molecular weight excluding hydrogens is 324 g/mol. The zero-order chi connectivity index (χ0) is 17.8. The molecule has 0 aliphatic heterocycles. The molecule has 5 N–H and O–H groups in total. The second kappa shape index (κ2) is 7.77. The molecular formula is C13H22N4O5S. The van der Waals surface area contributed by atoms with E-state index in [1.54, 1.807) is 21.1 Å². The van der Waals surface area contributed by atoms with Crippen molar-refractivity contribution in [2.45, 2.75) is 29.8 Å². The number of nitrogens with zero attached hydrogens (tertiary/aromatic N) is 2. The van der Waals surface area contributed by atoms with E-state index in [0.717, 1.165) is 11.8 Å². The maximum atomic E-state index is 11.3. The van der Waals surface area contributed by atoms with Gasteiger partial charge in [-0.05, 0) is 0 Å². The summed E-state index contributed by atoms with van der Waals surface area (Å²) in [6, 6.07) is -2.10. The van der Waals surface area contributed by atoms with Gasteiger partial charge in [-0.1, -0.05) is 11.8 Å². The van der Waals surface area contributed by atoms with E-state index in [2.05, 4.69) is 9.97 Å². The fourth-order valence-corrected chi connectivity index (χ4v) is 2.71. The lowest BCUT2D eigenvalue weighted by atomic mass is 10.1. The smallest absolute Gasteiger partial charge is 0.362 e. The van der Waals surface area contributed by atoms with E-state index in [4.69, 9.17) is 5.73 Å². The van der Waals surface area contributed by atoms with E-state index in [-0.39, 0.29) is 16.7 Å². The fraction of sp³-hybridized carbons (Fsp3) is 0.615. The summed E-state index contributed by atoms with van der Waals surface area (Å²) < 4.78 is 0.260. The second-order valence-electron chi connectivity index (χ2n) is 6.11. The quantitative estimate of drug-likeness (QED) is 0.286. The SMILES string of the molecule is C[N+](C)(C)[C@@H](Cc1cnc(SC[C@@H](O)[C@H](N)C(=O)[O-])[nH]1)C(=O)O. The van der Waals surface area contributed by atoms with Crippen LogP contribution in [0.5, 0.6) is 0 Å². The third-order valence-electron chi connectivity index (χ3n) is 3.32. The number of hydrogen-bond donors (Lipinski definition) is 4. The van der Waals surface area contributed by atoms with Crippen molar-refractivity contribution in [3.63, 3.8) is 0 Å². The standard InChI is InChI=1S/C13H22N4O5S/c1-17(2,3)8(11(19)20)4-7-5-15-13(16-7)23-6-9(18)10(14)12(21)22/h5,8-10,18H,4,6,14H2,1-3H3,(H2-,15,16,19,20,21,22)/t8-,9+,10-/m0/s1. The molecule has 0 amide bonds. The molecule has 0 aromatic carbocycles. The van der Waals surface area contributed by atoms with Crippen LogP contribution in [-0.4, -0.2) is 81.7 Å². The van der Waals surface area contributed by atoms with Crippen molar-refractivity contribution in [3.05, 3.63) is 11.9 Å². The highest BCUT2D eigenvalue weighted by atomic mass is 32.2. The van der Waals surface area contributed by atoms with Crippen LogP contribution >= 0.6 is 11.8 Å². The number of aliphatic carboxylic acids is 2. The summed E-state index contributed by atoms with van der Waals surface area (Å²) in [5.74, 6) is -2.40. The van der Waals surface area contributed by atoms with Crippen molar-refractivity contribution in [2.24, 2.45) is 5.73 Å². The summed E-state index contributed by atoms with van der Waals surface area (Å²) in [7, 11) is 5.38. The van der Waals surface area contributed by atoms with Gasteiger partial charge in [0.15, 0.2) is 11.2 Å². The summed E-state index contributed by atoms with van der Waals surface area (Å²) in [6.45, 7) is 0. The van der Waals surface area contributed by atoms with Crippen molar-refractivity contribution in [2.75, 3.05) is 26.9 Å². The zero-order valence-electron chi connectivity index (χ0n) is 13.2. The molecule has 0 unspecified atom stereocenters. The van der Waals surface area contributed by atoms with Gasteiger partial charge in [0, 0.05) is 17.6 Å². The number of carboxylic acid groups (broad SMARTS) is 2. The minimum atomic E-state index is -1.52. The lowest BCUT2D eigenvalue weighted by Gasteiger charge is -2.30. The minimum absolute atomic E-state index is 0.0276. The molecule has 0 saturated carbocycles. The molecule has 3 atom stereocenters. The molecule has 23 heavy (non-hydrogen) atoms. The van der Waals surface area contributed by atoms with Crippen molar-refractivity contribution < 1.29 is 29.4 Å². The maximum Gasteiger partial charge on any atom is 0.362 e. The predicted molar refractivity (Wildman–Crippen MR) is 81.5 cm³/mol. The van der Waals surface area contributed by atoms with Crippen LogP contribution in [0.2, 0.25) is 0 Å². The van der Waals surface area contributed by atoms with Gasteiger partial charge in [-0.25, -0.2) is 9.78 Å². The Balaban J connectivity index is 2.64. The molecule has 1 aromatic rings. The summed E-state index contributed by atoms with van der Waals surface area (Å²) in [6.07, 6.45) is 0.531. The van der Waals surface area contributed by atoms with Crippen LogP contribution < -0.4 is 10.8 Å². The molecule has 10 heteroatoms. The number of carbonyl (C=O) groups is 2. The number of nitrogens with one attached hydrogen (secondary N) is 1. The molecule has 1 rings (SSSR count). The Kier molecular flexibility index (Phi) is 6.57. The molecule has 0 spiro atoms. The Labute approximate surface area is 138 Å². The molecule has 0 aliphatic carbocycles. The highest BCUT2D eigenvalue weighted by Gasteiger charge is 2.32. The number of quaternary nitrogens is 1. The van der Waals surface area contributed by atoms with Crippen molar-refractivity contribution in [1.29, 1.82) is 0 Å². The first-order valence-corrected chi connectivity index (χ1v) is 7.86. The van der Waals surface area contributed by atoms with E-state index in [9.17, 15) is 24.9 Å². The molecule has 0 saturated heterocycles. The summed E-state index contributed by atoms with van der Waals surface area (Å²) in [5, 5.41) is 29.9. The molecule has 0 fully saturated rings. The van der Waals surface area contributed by atoms with Gasteiger partial charge < -0.3 is 35.3 Å². The zero-order valence-corrected chi connectivity index (χ0v) is 14.0. The first-order valence-electron chi connectivity index (χ1n) is 6.87. The molecule has 0 radical (unpaired) electrons. The number of imidazole rings is 1.